The number of methoxy groups -OCH3 is 1. The van der Waals surface area contributed by atoms with Crippen molar-refractivity contribution in [2.24, 2.45) is 46.3 Å². The summed E-state index contributed by atoms with van der Waals surface area (Å²) in [5.74, 6) is 2.41. The van der Waals surface area contributed by atoms with Crippen LogP contribution in [0.15, 0.2) is 24.3 Å². The molecule has 0 radical (unpaired) electrons. The molecule has 272 valence electrons. The van der Waals surface area contributed by atoms with Crippen molar-refractivity contribution in [1.29, 1.82) is 0 Å². The molecule has 10 atom stereocenters. The number of unbranched alkanes of at least 4 members (excludes halogenated alkanes) is 1. The summed E-state index contributed by atoms with van der Waals surface area (Å²) in [6.07, 6.45) is 12.3. The minimum Gasteiger partial charge on any atom is -0.493 e. The topological polar surface area (TPSA) is 155 Å². The van der Waals surface area contributed by atoms with Crippen molar-refractivity contribution >= 4 is 18.0 Å². The Hall–Kier alpha value is -3.18. The Morgan fingerprint density at radius 2 is 1.76 bits per heavy atom. The van der Waals surface area contributed by atoms with E-state index in [1.165, 1.54) is 13.2 Å². The molecule has 4 fully saturated rings. The SMILES string of the molecule is COc1cc(C=CC(=O)OCCCCO[N+](=O)[O-])ccc1OC(=O)CC[C@@H](C)[C@H]1CCC2C3C(CC[C@@]21C)[C@@]1(C)CC[C@@H](O)C[C@H]1C[C@H]3O. The van der Waals surface area contributed by atoms with Crippen molar-refractivity contribution in [2.75, 3.05) is 20.3 Å². The van der Waals surface area contributed by atoms with Crippen LogP contribution in [0.2, 0.25) is 0 Å². The monoisotopic (exact) mass is 685 g/mol. The van der Waals surface area contributed by atoms with Crippen LogP contribution in [0.1, 0.15) is 103 Å². The van der Waals surface area contributed by atoms with Gasteiger partial charge in [-0.2, -0.15) is 0 Å². The maximum atomic E-state index is 13.0. The molecule has 0 bridgehead atoms. The van der Waals surface area contributed by atoms with Crippen LogP contribution in [0.25, 0.3) is 6.08 Å². The summed E-state index contributed by atoms with van der Waals surface area (Å²) in [4.78, 5) is 39.4. The van der Waals surface area contributed by atoms with E-state index >= 15 is 0 Å². The highest BCUT2D eigenvalue weighted by Gasteiger charge is 2.62. The van der Waals surface area contributed by atoms with Crippen molar-refractivity contribution in [3.05, 3.63) is 40.0 Å². The van der Waals surface area contributed by atoms with Gasteiger partial charge in [0.15, 0.2) is 11.5 Å². The second-order valence-electron chi connectivity index (χ2n) is 15.6. The van der Waals surface area contributed by atoms with E-state index in [1.54, 1.807) is 24.3 Å². The molecule has 49 heavy (non-hydrogen) atoms. The van der Waals surface area contributed by atoms with Crippen molar-refractivity contribution in [3.8, 4) is 11.5 Å². The summed E-state index contributed by atoms with van der Waals surface area (Å²) in [6.45, 7) is 7.24. The summed E-state index contributed by atoms with van der Waals surface area (Å²) in [6, 6.07) is 5.05. The standard InChI is InChI=1S/C38H55NO10/c1-24(28-10-11-29-36-30(16-18-38(28,29)3)37(2)17-15-27(40)22-26(37)23-31(36)41)7-13-35(43)49-32-12-8-25(21-33(32)46-4)9-14-34(42)47-19-5-6-20-48-39(44)45/h8-9,12,14,21,24,26-31,36,40-41H,5-7,10-11,13,15-20,22-23H2,1-4H3/t24-,26+,27-,28-,29?,30?,31-,36?,37+,38-/m1/s1. The smallest absolute Gasteiger partial charge is 0.330 e. The van der Waals surface area contributed by atoms with E-state index < -0.39 is 11.1 Å². The summed E-state index contributed by atoms with van der Waals surface area (Å²) < 4.78 is 16.3. The largest absolute Gasteiger partial charge is 0.493 e. The molecule has 11 nitrogen and oxygen atoms in total. The second kappa shape index (κ2) is 15.8. The highest BCUT2D eigenvalue weighted by molar-refractivity contribution is 5.87. The lowest BCUT2D eigenvalue weighted by Gasteiger charge is -2.62. The predicted octanol–water partition coefficient (Wildman–Crippen LogP) is 6.55. The number of ether oxygens (including phenoxy) is 3. The van der Waals surface area contributed by atoms with Gasteiger partial charge in [-0.25, -0.2) is 4.79 Å². The molecule has 0 spiro atoms. The van der Waals surface area contributed by atoms with Gasteiger partial charge in [0.05, 0.1) is 32.5 Å². The molecule has 0 saturated heterocycles. The van der Waals surface area contributed by atoms with Crippen LogP contribution < -0.4 is 9.47 Å². The van der Waals surface area contributed by atoms with Crippen LogP contribution >= 0.6 is 0 Å². The van der Waals surface area contributed by atoms with Crippen molar-refractivity contribution in [1.82, 2.24) is 0 Å². The molecule has 3 unspecified atom stereocenters. The van der Waals surface area contributed by atoms with Crippen LogP contribution in [0.3, 0.4) is 0 Å². The number of benzene rings is 1. The van der Waals surface area contributed by atoms with Crippen LogP contribution in [0, 0.1) is 56.5 Å². The van der Waals surface area contributed by atoms with Gasteiger partial charge in [0.1, 0.15) is 0 Å². The first-order valence-corrected chi connectivity index (χ1v) is 18.2. The van der Waals surface area contributed by atoms with E-state index in [-0.39, 0.29) is 42.2 Å². The van der Waals surface area contributed by atoms with Gasteiger partial charge in [-0.1, -0.05) is 26.8 Å². The molecule has 11 heteroatoms. The summed E-state index contributed by atoms with van der Waals surface area (Å²) in [5, 5.41) is 31.2. The highest BCUT2D eigenvalue weighted by Crippen LogP contribution is 2.68. The van der Waals surface area contributed by atoms with Crippen molar-refractivity contribution in [2.45, 2.75) is 110 Å². The average molecular weight is 686 g/mol. The predicted molar refractivity (Wildman–Crippen MR) is 182 cm³/mol. The fourth-order valence-electron chi connectivity index (χ4n) is 10.5. The zero-order chi connectivity index (χ0) is 35.3. The Labute approximate surface area is 289 Å². The van der Waals surface area contributed by atoms with E-state index in [9.17, 15) is 29.9 Å². The number of hydrogen-bond acceptors (Lipinski definition) is 10. The first-order chi connectivity index (χ1) is 23.4. The fraction of sp³-hybridized carbons (Fsp3) is 0.737. The zero-order valence-corrected chi connectivity index (χ0v) is 29.5. The Bertz CT molecular complexity index is 1370. The molecule has 4 aliphatic carbocycles. The molecular weight excluding hydrogens is 630 g/mol. The molecule has 4 saturated carbocycles. The summed E-state index contributed by atoms with van der Waals surface area (Å²) in [7, 11) is 1.49. The van der Waals surface area contributed by atoms with Crippen LogP contribution in [0.5, 0.6) is 11.5 Å². The summed E-state index contributed by atoms with van der Waals surface area (Å²) >= 11 is 0. The lowest BCUT2D eigenvalue weighted by molar-refractivity contribution is -0.757. The first-order valence-electron chi connectivity index (χ1n) is 18.2. The number of esters is 2. The van der Waals surface area contributed by atoms with E-state index in [2.05, 4.69) is 25.6 Å². The molecule has 1 aromatic carbocycles. The minimum atomic E-state index is -0.853. The molecule has 0 aliphatic heterocycles. The number of nitrogens with zero attached hydrogens (tertiary/aromatic N) is 1. The van der Waals surface area contributed by atoms with Gasteiger partial charge in [0.2, 0.25) is 0 Å². The van der Waals surface area contributed by atoms with Gasteiger partial charge in [0, 0.05) is 12.5 Å². The maximum absolute atomic E-state index is 13.0. The minimum absolute atomic E-state index is 0.0447. The van der Waals surface area contributed by atoms with Gasteiger partial charge < -0.3 is 29.3 Å². The van der Waals surface area contributed by atoms with Gasteiger partial charge >= 0.3 is 11.9 Å². The highest BCUT2D eigenvalue weighted by atomic mass is 16.9. The zero-order valence-electron chi connectivity index (χ0n) is 29.5. The molecule has 1 aromatic rings. The number of aliphatic hydroxyl groups is 2. The molecule has 5 rings (SSSR count). The van der Waals surface area contributed by atoms with Gasteiger partial charge in [-0.05, 0) is 141 Å². The number of rotatable bonds is 14. The molecule has 0 heterocycles. The van der Waals surface area contributed by atoms with Crippen LogP contribution in [0.4, 0.5) is 0 Å². The van der Waals surface area contributed by atoms with Crippen LogP contribution in [-0.2, 0) is 19.2 Å². The molecule has 4 aliphatic rings. The van der Waals surface area contributed by atoms with Gasteiger partial charge in [-0.15, -0.1) is 10.1 Å². The van der Waals surface area contributed by atoms with Crippen LogP contribution in [-0.4, -0.2) is 59.8 Å². The fourth-order valence-corrected chi connectivity index (χ4v) is 10.5. The van der Waals surface area contributed by atoms with Gasteiger partial charge in [-0.3, -0.25) is 4.79 Å². The Morgan fingerprint density at radius 3 is 2.51 bits per heavy atom. The van der Waals surface area contributed by atoms with E-state index in [1.807, 2.05) is 0 Å². The molecular formula is C38H55NO10. The number of fused-ring (bicyclic) bond motifs is 5. The Morgan fingerprint density at radius 1 is 1.02 bits per heavy atom. The van der Waals surface area contributed by atoms with E-state index in [0.29, 0.717) is 71.8 Å². The Kier molecular flexibility index (Phi) is 12.0. The van der Waals surface area contributed by atoms with Crippen molar-refractivity contribution in [3.63, 3.8) is 0 Å². The molecule has 2 N–H and O–H groups in total. The molecule has 0 aromatic heterocycles. The first kappa shape index (κ1) is 37.1. The number of aliphatic hydroxyl groups excluding tert-OH is 2. The lowest BCUT2D eigenvalue weighted by Crippen LogP contribution is -2.58. The molecule has 0 amide bonds. The number of carbonyl (C=O) groups is 2. The lowest BCUT2D eigenvalue weighted by atomic mass is 9.43. The quantitative estimate of drug-likeness (QED) is 0.0550. The third-order valence-electron chi connectivity index (χ3n) is 13.0. The Balaban J connectivity index is 1.11. The summed E-state index contributed by atoms with van der Waals surface area (Å²) in [5.41, 5.74) is 1.02. The second-order valence-corrected chi connectivity index (χ2v) is 15.6. The van der Waals surface area contributed by atoms with E-state index in [4.69, 9.17) is 14.2 Å². The van der Waals surface area contributed by atoms with Crippen molar-refractivity contribution < 1.29 is 43.9 Å². The third-order valence-corrected chi connectivity index (χ3v) is 13.0. The number of carbonyl (C=O) groups excluding carboxylic acids is 2. The normalized spacial score (nSPS) is 34.3. The van der Waals surface area contributed by atoms with Gasteiger partial charge in [0.25, 0.3) is 5.09 Å². The number of hydrogen-bond donors (Lipinski definition) is 2. The maximum Gasteiger partial charge on any atom is 0.330 e. The average Bonchev–Trinajstić information content (AvgIpc) is 3.42. The van der Waals surface area contributed by atoms with E-state index in [0.717, 1.165) is 57.8 Å². The third kappa shape index (κ3) is 8.25.